The normalized spacial score (nSPS) is 19.6. The minimum atomic E-state index is -2.98. The highest BCUT2D eigenvalue weighted by Crippen LogP contribution is 2.30. The van der Waals surface area contributed by atoms with Gasteiger partial charge in [-0.2, -0.15) is 8.78 Å². The Morgan fingerprint density at radius 3 is 2.64 bits per heavy atom. The van der Waals surface area contributed by atoms with Gasteiger partial charge < -0.3 is 19.3 Å². The predicted octanol–water partition coefficient (Wildman–Crippen LogP) is 3.37. The molecule has 7 nitrogen and oxygen atoms in total. The van der Waals surface area contributed by atoms with E-state index in [9.17, 15) is 13.6 Å². The molecular formula is C24H30F2N4O3. The maximum absolute atomic E-state index is 13.1. The lowest BCUT2D eigenvalue weighted by atomic mass is 9.96. The summed E-state index contributed by atoms with van der Waals surface area (Å²) in [7, 11) is 1.38. The largest absolute Gasteiger partial charge is 0.493 e. The van der Waals surface area contributed by atoms with Crippen molar-refractivity contribution < 1.29 is 23.0 Å². The molecular weight excluding hydrogens is 430 g/mol. The lowest BCUT2D eigenvalue weighted by molar-refractivity contribution is -0.0512. The first-order valence-electron chi connectivity index (χ1n) is 11.3. The van der Waals surface area contributed by atoms with Crippen LogP contribution in [0.25, 0.3) is 0 Å². The Kier molecular flexibility index (Phi) is 7.59. The van der Waals surface area contributed by atoms with Gasteiger partial charge in [-0.15, -0.1) is 0 Å². The number of aromatic nitrogens is 1. The summed E-state index contributed by atoms with van der Waals surface area (Å²) in [4.78, 5) is 24.1. The van der Waals surface area contributed by atoms with E-state index in [1.165, 1.54) is 19.2 Å². The summed E-state index contributed by atoms with van der Waals surface area (Å²) in [5.74, 6) is 1.28. The van der Waals surface area contributed by atoms with Crippen molar-refractivity contribution in [2.75, 3.05) is 57.8 Å². The van der Waals surface area contributed by atoms with Crippen molar-refractivity contribution in [3.8, 4) is 11.5 Å². The SMILES string of the molecule is COc1ccc(C(=O)N2CCCC(CN3CCN(c4ccccn4)CC3)C2)cc1OC(F)F. The number of ether oxygens (including phenoxy) is 2. The maximum atomic E-state index is 13.1. The predicted molar refractivity (Wildman–Crippen MR) is 121 cm³/mol. The molecule has 1 atom stereocenters. The van der Waals surface area contributed by atoms with Gasteiger partial charge in [-0.3, -0.25) is 9.69 Å². The van der Waals surface area contributed by atoms with Crippen molar-refractivity contribution in [3.05, 3.63) is 48.2 Å². The quantitative estimate of drug-likeness (QED) is 0.632. The van der Waals surface area contributed by atoms with E-state index in [0.717, 1.165) is 51.4 Å². The number of carbonyl (C=O) groups excluding carboxylic acids is 1. The first-order chi connectivity index (χ1) is 16.0. The van der Waals surface area contributed by atoms with Crippen LogP contribution in [0.2, 0.25) is 0 Å². The number of carbonyl (C=O) groups is 1. The third-order valence-corrected chi connectivity index (χ3v) is 6.29. The van der Waals surface area contributed by atoms with E-state index in [1.807, 2.05) is 29.3 Å². The summed E-state index contributed by atoms with van der Waals surface area (Å²) >= 11 is 0. The Labute approximate surface area is 192 Å². The van der Waals surface area contributed by atoms with Crippen LogP contribution >= 0.6 is 0 Å². The number of benzene rings is 1. The van der Waals surface area contributed by atoms with E-state index in [4.69, 9.17) is 4.74 Å². The van der Waals surface area contributed by atoms with Crippen molar-refractivity contribution in [2.45, 2.75) is 19.5 Å². The number of piperidine rings is 1. The van der Waals surface area contributed by atoms with Gasteiger partial charge in [0.25, 0.3) is 5.91 Å². The molecule has 2 aliphatic heterocycles. The van der Waals surface area contributed by atoms with Crippen LogP contribution < -0.4 is 14.4 Å². The number of methoxy groups -OCH3 is 1. The molecule has 1 unspecified atom stereocenters. The Morgan fingerprint density at radius 1 is 1.12 bits per heavy atom. The summed E-state index contributed by atoms with van der Waals surface area (Å²) < 4.78 is 35.1. The number of pyridine rings is 1. The molecule has 2 fully saturated rings. The Morgan fingerprint density at radius 2 is 1.94 bits per heavy atom. The molecule has 0 bridgehead atoms. The molecule has 1 amide bonds. The van der Waals surface area contributed by atoms with Gasteiger partial charge in [-0.1, -0.05) is 6.07 Å². The van der Waals surface area contributed by atoms with Crippen LogP contribution in [0.5, 0.6) is 11.5 Å². The third kappa shape index (κ3) is 5.90. The third-order valence-electron chi connectivity index (χ3n) is 6.29. The highest BCUT2D eigenvalue weighted by Gasteiger charge is 2.28. The van der Waals surface area contributed by atoms with Crippen LogP contribution in [-0.4, -0.2) is 80.2 Å². The van der Waals surface area contributed by atoms with Crippen LogP contribution in [0, 0.1) is 5.92 Å². The molecule has 2 saturated heterocycles. The molecule has 1 aromatic heterocycles. The average molecular weight is 461 g/mol. The summed E-state index contributed by atoms with van der Waals surface area (Å²) in [6, 6.07) is 10.4. The number of hydrogen-bond acceptors (Lipinski definition) is 6. The summed E-state index contributed by atoms with van der Waals surface area (Å²) in [6.07, 6.45) is 3.83. The molecule has 0 radical (unpaired) electrons. The lowest BCUT2D eigenvalue weighted by Gasteiger charge is -2.39. The topological polar surface area (TPSA) is 58.1 Å². The summed E-state index contributed by atoms with van der Waals surface area (Å²) in [6.45, 7) is 3.10. The molecule has 0 spiro atoms. The Hall–Kier alpha value is -2.94. The fraction of sp³-hybridized carbons (Fsp3) is 0.500. The molecule has 2 aliphatic rings. The van der Waals surface area contributed by atoms with Gasteiger partial charge in [-0.25, -0.2) is 4.98 Å². The van der Waals surface area contributed by atoms with E-state index < -0.39 is 6.61 Å². The summed E-state index contributed by atoms with van der Waals surface area (Å²) in [5.41, 5.74) is 0.330. The monoisotopic (exact) mass is 460 g/mol. The number of anilines is 1. The molecule has 4 rings (SSSR count). The van der Waals surface area contributed by atoms with Crippen molar-refractivity contribution in [3.63, 3.8) is 0 Å². The van der Waals surface area contributed by atoms with Crippen LogP contribution in [0.1, 0.15) is 23.2 Å². The molecule has 0 N–H and O–H groups in total. The van der Waals surface area contributed by atoms with Crippen molar-refractivity contribution in [1.29, 1.82) is 0 Å². The molecule has 0 saturated carbocycles. The van der Waals surface area contributed by atoms with E-state index in [-0.39, 0.29) is 17.4 Å². The smallest absolute Gasteiger partial charge is 0.387 e. The van der Waals surface area contributed by atoms with Crippen LogP contribution in [0.15, 0.2) is 42.6 Å². The van der Waals surface area contributed by atoms with Gasteiger partial charge in [0.05, 0.1) is 7.11 Å². The molecule has 1 aromatic carbocycles. The van der Waals surface area contributed by atoms with Crippen LogP contribution in [0.3, 0.4) is 0 Å². The van der Waals surface area contributed by atoms with Crippen LogP contribution in [-0.2, 0) is 0 Å². The van der Waals surface area contributed by atoms with Gasteiger partial charge in [-0.05, 0) is 49.1 Å². The first kappa shape index (κ1) is 23.2. The maximum Gasteiger partial charge on any atom is 0.387 e. The zero-order valence-electron chi connectivity index (χ0n) is 18.8. The number of hydrogen-bond donors (Lipinski definition) is 0. The van der Waals surface area contributed by atoms with Gasteiger partial charge in [0.15, 0.2) is 11.5 Å². The van der Waals surface area contributed by atoms with Gasteiger partial charge in [0.2, 0.25) is 0 Å². The Balaban J connectivity index is 1.33. The van der Waals surface area contributed by atoms with E-state index in [0.29, 0.717) is 24.6 Å². The molecule has 178 valence electrons. The summed E-state index contributed by atoms with van der Waals surface area (Å²) in [5, 5.41) is 0. The number of likely N-dealkylation sites (tertiary alicyclic amines) is 1. The number of halogens is 2. The van der Waals surface area contributed by atoms with Gasteiger partial charge >= 0.3 is 6.61 Å². The van der Waals surface area contributed by atoms with Crippen molar-refractivity contribution in [2.24, 2.45) is 5.92 Å². The number of alkyl halides is 2. The average Bonchev–Trinajstić information content (AvgIpc) is 2.84. The minimum Gasteiger partial charge on any atom is -0.493 e. The van der Waals surface area contributed by atoms with Crippen molar-refractivity contribution in [1.82, 2.24) is 14.8 Å². The molecule has 33 heavy (non-hydrogen) atoms. The number of rotatable bonds is 7. The zero-order chi connectivity index (χ0) is 23.2. The van der Waals surface area contributed by atoms with E-state index >= 15 is 0 Å². The standard InChI is InChI=1S/C24H30F2N4O3/c1-32-20-8-7-19(15-21(20)33-24(25)26)23(31)30-10-4-5-18(17-30)16-28-11-13-29(14-12-28)22-6-2-3-9-27-22/h2-3,6-9,15,18,24H,4-5,10-14,16-17H2,1H3. The number of nitrogens with zero attached hydrogens (tertiary/aromatic N) is 4. The molecule has 3 heterocycles. The highest BCUT2D eigenvalue weighted by molar-refractivity contribution is 5.95. The fourth-order valence-corrected chi connectivity index (χ4v) is 4.64. The molecule has 9 heteroatoms. The Bertz CT molecular complexity index is 923. The number of amides is 1. The van der Waals surface area contributed by atoms with Gasteiger partial charge in [0.1, 0.15) is 5.82 Å². The number of piperazine rings is 1. The van der Waals surface area contributed by atoms with E-state index in [2.05, 4.69) is 19.5 Å². The molecule has 2 aromatic rings. The van der Waals surface area contributed by atoms with E-state index in [1.54, 1.807) is 6.07 Å². The second-order valence-electron chi connectivity index (χ2n) is 8.48. The highest BCUT2D eigenvalue weighted by atomic mass is 19.3. The van der Waals surface area contributed by atoms with Crippen molar-refractivity contribution >= 4 is 11.7 Å². The second-order valence-corrected chi connectivity index (χ2v) is 8.48. The van der Waals surface area contributed by atoms with Gasteiger partial charge in [0, 0.05) is 57.6 Å². The fourth-order valence-electron chi connectivity index (χ4n) is 4.64. The zero-order valence-corrected chi connectivity index (χ0v) is 18.8. The second kappa shape index (κ2) is 10.8. The first-order valence-corrected chi connectivity index (χ1v) is 11.3. The minimum absolute atomic E-state index is 0.127. The van der Waals surface area contributed by atoms with Crippen LogP contribution in [0.4, 0.5) is 14.6 Å². The molecule has 0 aliphatic carbocycles. The lowest BCUT2D eigenvalue weighted by Crippen LogP contribution is -2.50.